The molecule has 0 atom stereocenters. The van der Waals surface area contributed by atoms with Crippen molar-refractivity contribution in [3.63, 3.8) is 0 Å². The van der Waals surface area contributed by atoms with Crippen LogP contribution in [0.15, 0.2) is 35.4 Å². The molecule has 0 saturated carbocycles. The molecule has 1 rings (SSSR count). The highest BCUT2D eigenvalue weighted by molar-refractivity contribution is 5.84. The first-order chi connectivity index (χ1) is 7.22. The third kappa shape index (κ3) is 4.40. The van der Waals surface area contributed by atoms with Gasteiger partial charge >= 0.3 is 0 Å². The highest BCUT2D eigenvalue weighted by Gasteiger charge is 2.00. The smallest absolute Gasteiger partial charge is 0.244 e. The zero-order chi connectivity index (χ0) is 11.1. The summed E-state index contributed by atoms with van der Waals surface area (Å²) in [6.07, 6.45) is 1.23. The van der Waals surface area contributed by atoms with E-state index in [9.17, 15) is 4.79 Å². The molecule has 0 aliphatic heterocycles. The van der Waals surface area contributed by atoms with Crippen LogP contribution < -0.4 is 5.43 Å². The average Bonchev–Trinajstić information content (AvgIpc) is 2.27. The van der Waals surface area contributed by atoms with E-state index in [4.69, 9.17) is 0 Å². The Morgan fingerprint density at radius 2 is 2.00 bits per heavy atom. The van der Waals surface area contributed by atoms with E-state index in [1.807, 2.05) is 44.2 Å². The van der Waals surface area contributed by atoms with E-state index in [2.05, 4.69) is 10.5 Å². The molecule has 1 aromatic carbocycles. The molecule has 0 spiro atoms. The molecule has 0 radical (unpaired) electrons. The van der Waals surface area contributed by atoms with Gasteiger partial charge in [0.25, 0.3) is 0 Å². The molecule has 15 heavy (non-hydrogen) atoms. The van der Waals surface area contributed by atoms with Crippen molar-refractivity contribution >= 4 is 11.6 Å². The number of hydrogen-bond donors (Lipinski definition) is 1. The van der Waals surface area contributed by atoms with E-state index in [0.29, 0.717) is 6.42 Å². The van der Waals surface area contributed by atoms with Gasteiger partial charge in [-0.15, -0.1) is 0 Å². The van der Waals surface area contributed by atoms with Gasteiger partial charge in [-0.3, -0.25) is 4.79 Å². The number of amides is 1. The fourth-order valence-electron chi connectivity index (χ4n) is 1.06. The molecule has 3 nitrogen and oxygen atoms in total. The van der Waals surface area contributed by atoms with Crippen molar-refractivity contribution in [3.05, 3.63) is 35.9 Å². The largest absolute Gasteiger partial charge is 0.273 e. The monoisotopic (exact) mass is 204 g/mol. The molecule has 1 aromatic rings. The van der Waals surface area contributed by atoms with Crippen LogP contribution in [-0.2, 0) is 11.2 Å². The second kappa shape index (κ2) is 5.96. The first-order valence-corrected chi connectivity index (χ1v) is 5.08. The molecule has 0 heterocycles. The second-order valence-corrected chi connectivity index (χ2v) is 3.40. The van der Waals surface area contributed by atoms with Crippen LogP contribution in [0.1, 0.15) is 25.8 Å². The van der Waals surface area contributed by atoms with E-state index in [-0.39, 0.29) is 5.91 Å². The van der Waals surface area contributed by atoms with Gasteiger partial charge in [0.15, 0.2) is 0 Å². The summed E-state index contributed by atoms with van der Waals surface area (Å²) in [5, 5.41) is 3.96. The molecule has 0 aliphatic rings. The van der Waals surface area contributed by atoms with Crippen molar-refractivity contribution in [2.75, 3.05) is 0 Å². The summed E-state index contributed by atoms with van der Waals surface area (Å²) in [4.78, 5) is 11.4. The van der Waals surface area contributed by atoms with Crippen LogP contribution in [0, 0.1) is 0 Å². The predicted molar refractivity (Wildman–Crippen MR) is 61.7 cm³/mol. The molecular formula is C12H16N2O. The number of benzene rings is 1. The van der Waals surface area contributed by atoms with Gasteiger partial charge in [0.05, 0.1) is 6.42 Å². The van der Waals surface area contributed by atoms with Crippen molar-refractivity contribution in [2.24, 2.45) is 5.10 Å². The first kappa shape index (κ1) is 11.4. The summed E-state index contributed by atoms with van der Waals surface area (Å²) < 4.78 is 0. The lowest BCUT2D eigenvalue weighted by molar-refractivity contribution is -0.120. The van der Waals surface area contributed by atoms with E-state index in [0.717, 1.165) is 17.7 Å². The van der Waals surface area contributed by atoms with Crippen LogP contribution in [0.2, 0.25) is 0 Å². The molecule has 80 valence electrons. The number of rotatable bonds is 4. The van der Waals surface area contributed by atoms with Gasteiger partial charge in [0.2, 0.25) is 5.91 Å². The molecule has 0 aliphatic carbocycles. The molecule has 0 fully saturated rings. The summed E-state index contributed by atoms with van der Waals surface area (Å²) in [6.45, 7) is 3.89. The molecule has 0 aromatic heterocycles. The molecule has 1 amide bonds. The maximum atomic E-state index is 11.4. The SMILES string of the molecule is CC/C(C)=N\NC(=O)Cc1ccccc1. The van der Waals surface area contributed by atoms with Crippen molar-refractivity contribution in [3.8, 4) is 0 Å². The van der Waals surface area contributed by atoms with Crippen LogP contribution >= 0.6 is 0 Å². The van der Waals surface area contributed by atoms with Crippen LogP contribution in [-0.4, -0.2) is 11.6 Å². The first-order valence-electron chi connectivity index (χ1n) is 5.08. The fraction of sp³-hybridized carbons (Fsp3) is 0.333. The molecule has 1 N–H and O–H groups in total. The van der Waals surface area contributed by atoms with Gasteiger partial charge in [0, 0.05) is 5.71 Å². The maximum absolute atomic E-state index is 11.4. The summed E-state index contributed by atoms with van der Waals surface area (Å²) in [5.74, 6) is -0.0750. The minimum absolute atomic E-state index is 0.0750. The van der Waals surface area contributed by atoms with Crippen LogP contribution in [0.3, 0.4) is 0 Å². The summed E-state index contributed by atoms with van der Waals surface area (Å²) in [7, 11) is 0. The quantitative estimate of drug-likeness (QED) is 0.592. The normalized spacial score (nSPS) is 11.2. The lowest BCUT2D eigenvalue weighted by atomic mass is 10.1. The van der Waals surface area contributed by atoms with Gasteiger partial charge < -0.3 is 0 Å². The van der Waals surface area contributed by atoms with E-state index in [1.54, 1.807) is 0 Å². The van der Waals surface area contributed by atoms with Gasteiger partial charge in [-0.2, -0.15) is 5.10 Å². The Labute approximate surface area is 90.2 Å². The van der Waals surface area contributed by atoms with E-state index in [1.165, 1.54) is 0 Å². The Kier molecular flexibility index (Phi) is 4.54. The zero-order valence-electron chi connectivity index (χ0n) is 9.16. The standard InChI is InChI=1S/C12H16N2O/c1-3-10(2)13-14-12(15)9-11-7-5-4-6-8-11/h4-8H,3,9H2,1-2H3,(H,14,15)/b13-10-. The summed E-state index contributed by atoms with van der Waals surface area (Å²) >= 11 is 0. The third-order valence-corrected chi connectivity index (χ3v) is 2.09. The maximum Gasteiger partial charge on any atom is 0.244 e. The number of nitrogens with one attached hydrogen (secondary N) is 1. The average molecular weight is 204 g/mol. The zero-order valence-corrected chi connectivity index (χ0v) is 9.16. The number of hydrazone groups is 1. The van der Waals surface area contributed by atoms with Crippen LogP contribution in [0.25, 0.3) is 0 Å². The number of nitrogens with zero attached hydrogens (tertiary/aromatic N) is 1. The lowest BCUT2D eigenvalue weighted by Crippen LogP contribution is -2.20. The number of carbonyl (C=O) groups is 1. The highest BCUT2D eigenvalue weighted by Crippen LogP contribution is 1.98. The Bertz CT molecular complexity index is 344. The highest BCUT2D eigenvalue weighted by atomic mass is 16.2. The number of carbonyl (C=O) groups excluding carboxylic acids is 1. The molecule has 3 heteroatoms. The minimum atomic E-state index is -0.0750. The third-order valence-electron chi connectivity index (χ3n) is 2.09. The Morgan fingerprint density at radius 3 is 2.60 bits per heavy atom. The Morgan fingerprint density at radius 1 is 1.33 bits per heavy atom. The Balaban J connectivity index is 2.44. The number of hydrogen-bond acceptors (Lipinski definition) is 2. The van der Waals surface area contributed by atoms with Gasteiger partial charge in [0.1, 0.15) is 0 Å². The van der Waals surface area contributed by atoms with E-state index >= 15 is 0 Å². The van der Waals surface area contributed by atoms with Crippen molar-refractivity contribution in [1.29, 1.82) is 0 Å². The summed E-state index contributed by atoms with van der Waals surface area (Å²) in [5.41, 5.74) is 4.46. The van der Waals surface area contributed by atoms with Crippen LogP contribution in [0.5, 0.6) is 0 Å². The molecule has 0 saturated heterocycles. The van der Waals surface area contributed by atoms with Gasteiger partial charge in [-0.25, -0.2) is 5.43 Å². The summed E-state index contributed by atoms with van der Waals surface area (Å²) in [6, 6.07) is 9.62. The molecular weight excluding hydrogens is 188 g/mol. The second-order valence-electron chi connectivity index (χ2n) is 3.40. The van der Waals surface area contributed by atoms with Crippen molar-refractivity contribution in [2.45, 2.75) is 26.7 Å². The van der Waals surface area contributed by atoms with Crippen LogP contribution in [0.4, 0.5) is 0 Å². The lowest BCUT2D eigenvalue weighted by Gasteiger charge is -2.01. The predicted octanol–water partition coefficient (Wildman–Crippen LogP) is 2.13. The molecule has 0 unspecified atom stereocenters. The topological polar surface area (TPSA) is 41.5 Å². The van der Waals surface area contributed by atoms with Gasteiger partial charge in [-0.05, 0) is 18.9 Å². The van der Waals surface area contributed by atoms with E-state index < -0.39 is 0 Å². The molecule has 0 bridgehead atoms. The van der Waals surface area contributed by atoms with Crippen molar-refractivity contribution in [1.82, 2.24) is 5.43 Å². The minimum Gasteiger partial charge on any atom is -0.273 e. The van der Waals surface area contributed by atoms with Crippen molar-refractivity contribution < 1.29 is 4.79 Å². The fourth-order valence-corrected chi connectivity index (χ4v) is 1.06. The Hall–Kier alpha value is -1.64. The van der Waals surface area contributed by atoms with Gasteiger partial charge in [-0.1, -0.05) is 37.3 Å².